The normalized spacial score (nSPS) is 10.4. The zero-order valence-electron chi connectivity index (χ0n) is 9.49. The first-order valence-corrected chi connectivity index (χ1v) is 6.02. The lowest BCUT2D eigenvalue weighted by Crippen LogP contribution is -1.84. The SMILES string of the molecule is COc1nn2cc(-c3ccc(C#N)cc3)nc2s1. The molecule has 0 unspecified atom stereocenters. The quantitative estimate of drug-likeness (QED) is 0.706. The van der Waals surface area contributed by atoms with Crippen molar-refractivity contribution in [1.29, 1.82) is 5.26 Å². The number of ether oxygens (including phenoxy) is 1. The Balaban J connectivity index is 2.02. The number of hydrogen-bond acceptors (Lipinski definition) is 5. The molecule has 1 aromatic carbocycles. The van der Waals surface area contributed by atoms with Gasteiger partial charge in [-0.25, -0.2) is 9.50 Å². The first-order valence-electron chi connectivity index (χ1n) is 5.21. The van der Waals surface area contributed by atoms with Gasteiger partial charge in [-0.15, -0.1) is 5.10 Å². The Bertz CT molecular complexity index is 704. The minimum Gasteiger partial charge on any atom is -0.472 e. The van der Waals surface area contributed by atoms with Crippen molar-refractivity contribution in [3.8, 4) is 22.5 Å². The summed E-state index contributed by atoms with van der Waals surface area (Å²) in [4.78, 5) is 5.25. The molecule has 18 heavy (non-hydrogen) atoms. The van der Waals surface area contributed by atoms with E-state index < -0.39 is 0 Å². The van der Waals surface area contributed by atoms with Gasteiger partial charge in [0, 0.05) is 5.56 Å². The standard InChI is InChI=1S/C12H8N4OS/c1-17-12-15-16-7-10(14-11(16)18-12)9-4-2-8(6-13)3-5-9/h2-5,7H,1H3. The van der Waals surface area contributed by atoms with Gasteiger partial charge >= 0.3 is 0 Å². The van der Waals surface area contributed by atoms with E-state index in [1.54, 1.807) is 23.8 Å². The average molecular weight is 256 g/mol. The predicted octanol–water partition coefficient (Wildman–Crippen LogP) is 2.34. The van der Waals surface area contributed by atoms with Crippen LogP contribution in [0.25, 0.3) is 16.2 Å². The van der Waals surface area contributed by atoms with Crippen LogP contribution in [-0.2, 0) is 0 Å². The van der Waals surface area contributed by atoms with Gasteiger partial charge in [0.2, 0.25) is 4.96 Å². The summed E-state index contributed by atoms with van der Waals surface area (Å²) in [5.41, 5.74) is 2.44. The van der Waals surface area contributed by atoms with E-state index in [1.807, 2.05) is 18.3 Å². The number of methoxy groups -OCH3 is 1. The van der Waals surface area contributed by atoms with Gasteiger partial charge in [0.15, 0.2) is 0 Å². The summed E-state index contributed by atoms with van der Waals surface area (Å²) in [5, 5.41) is 13.5. The maximum absolute atomic E-state index is 8.75. The van der Waals surface area contributed by atoms with Crippen LogP contribution >= 0.6 is 11.3 Å². The monoisotopic (exact) mass is 256 g/mol. The fourth-order valence-corrected chi connectivity index (χ4v) is 2.32. The van der Waals surface area contributed by atoms with Crippen LogP contribution in [0.2, 0.25) is 0 Å². The summed E-state index contributed by atoms with van der Waals surface area (Å²) in [7, 11) is 1.58. The zero-order valence-corrected chi connectivity index (χ0v) is 10.3. The van der Waals surface area contributed by atoms with Gasteiger partial charge in [0.05, 0.1) is 30.6 Å². The topological polar surface area (TPSA) is 63.2 Å². The molecular formula is C12H8N4OS. The molecule has 0 fully saturated rings. The Morgan fingerprint density at radius 3 is 2.72 bits per heavy atom. The number of aromatic nitrogens is 3. The Labute approximate surface area is 107 Å². The average Bonchev–Trinajstić information content (AvgIpc) is 2.96. The largest absolute Gasteiger partial charge is 0.472 e. The van der Waals surface area contributed by atoms with Crippen molar-refractivity contribution in [2.75, 3.05) is 7.11 Å². The summed E-state index contributed by atoms with van der Waals surface area (Å²) >= 11 is 1.39. The lowest BCUT2D eigenvalue weighted by molar-refractivity contribution is 0.405. The molecule has 0 spiro atoms. The molecule has 2 heterocycles. The van der Waals surface area contributed by atoms with Crippen LogP contribution in [0.5, 0.6) is 5.19 Å². The maximum Gasteiger partial charge on any atom is 0.294 e. The Morgan fingerprint density at radius 1 is 1.33 bits per heavy atom. The Hall–Kier alpha value is -2.39. The highest BCUT2D eigenvalue weighted by molar-refractivity contribution is 7.18. The van der Waals surface area contributed by atoms with E-state index in [0.717, 1.165) is 16.2 Å². The van der Waals surface area contributed by atoms with Crippen molar-refractivity contribution in [3.05, 3.63) is 36.0 Å². The summed E-state index contributed by atoms with van der Waals surface area (Å²) < 4.78 is 6.74. The molecule has 0 aliphatic carbocycles. The first kappa shape index (κ1) is 10.7. The highest BCUT2D eigenvalue weighted by Gasteiger charge is 2.09. The minimum atomic E-state index is 0.587. The first-order chi connectivity index (χ1) is 8.80. The van der Waals surface area contributed by atoms with Gasteiger partial charge in [-0.1, -0.05) is 12.1 Å². The van der Waals surface area contributed by atoms with Crippen molar-refractivity contribution in [3.63, 3.8) is 0 Å². The van der Waals surface area contributed by atoms with Crippen molar-refractivity contribution < 1.29 is 4.74 Å². The second-order valence-electron chi connectivity index (χ2n) is 3.61. The fourth-order valence-electron chi connectivity index (χ4n) is 1.62. The Kier molecular flexibility index (Phi) is 2.46. The third kappa shape index (κ3) is 1.71. The molecule has 0 saturated heterocycles. The van der Waals surface area contributed by atoms with E-state index in [2.05, 4.69) is 16.2 Å². The minimum absolute atomic E-state index is 0.587. The fraction of sp³-hybridized carbons (Fsp3) is 0.0833. The highest BCUT2D eigenvalue weighted by atomic mass is 32.1. The summed E-state index contributed by atoms with van der Waals surface area (Å²) in [6, 6.07) is 9.39. The molecule has 0 amide bonds. The summed E-state index contributed by atoms with van der Waals surface area (Å²) in [6.45, 7) is 0. The third-order valence-electron chi connectivity index (χ3n) is 2.51. The van der Waals surface area contributed by atoms with Gasteiger partial charge in [0.1, 0.15) is 0 Å². The van der Waals surface area contributed by atoms with E-state index in [4.69, 9.17) is 10.00 Å². The van der Waals surface area contributed by atoms with Gasteiger partial charge in [0.25, 0.3) is 5.19 Å². The van der Waals surface area contributed by atoms with E-state index in [0.29, 0.717) is 10.8 Å². The van der Waals surface area contributed by atoms with Crippen molar-refractivity contribution >= 4 is 16.3 Å². The molecule has 3 rings (SSSR count). The van der Waals surface area contributed by atoms with Gasteiger partial charge < -0.3 is 4.74 Å². The number of rotatable bonds is 2. The lowest BCUT2D eigenvalue weighted by atomic mass is 10.1. The van der Waals surface area contributed by atoms with Crippen LogP contribution in [0.4, 0.5) is 0 Å². The Morgan fingerprint density at radius 2 is 2.11 bits per heavy atom. The van der Waals surface area contributed by atoms with Crippen molar-refractivity contribution in [2.24, 2.45) is 0 Å². The van der Waals surface area contributed by atoms with Gasteiger partial charge in [-0.05, 0) is 23.5 Å². The lowest BCUT2D eigenvalue weighted by Gasteiger charge is -1.95. The zero-order chi connectivity index (χ0) is 12.5. The maximum atomic E-state index is 8.75. The molecule has 6 heteroatoms. The molecule has 0 N–H and O–H groups in total. The molecule has 0 aliphatic heterocycles. The number of nitrogens with zero attached hydrogens (tertiary/aromatic N) is 4. The van der Waals surface area contributed by atoms with E-state index in [1.165, 1.54) is 11.3 Å². The van der Waals surface area contributed by atoms with Crippen LogP contribution in [-0.4, -0.2) is 21.7 Å². The molecular weight excluding hydrogens is 248 g/mol. The molecule has 5 nitrogen and oxygen atoms in total. The summed E-state index contributed by atoms with van der Waals surface area (Å²) in [5.74, 6) is 0. The van der Waals surface area contributed by atoms with E-state index in [-0.39, 0.29) is 0 Å². The van der Waals surface area contributed by atoms with Gasteiger partial charge in [-0.3, -0.25) is 0 Å². The number of fused-ring (bicyclic) bond motifs is 1. The molecule has 0 aliphatic rings. The molecule has 2 aromatic heterocycles. The molecule has 0 atom stereocenters. The highest BCUT2D eigenvalue weighted by Crippen LogP contribution is 2.25. The molecule has 88 valence electrons. The van der Waals surface area contributed by atoms with Crippen LogP contribution in [0.1, 0.15) is 5.56 Å². The van der Waals surface area contributed by atoms with E-state index >= 15 is 0 Å². The number of hydrogen-bond donors (Lipinski definition) is 0. The molecule has 3 aromatic rings. The third-order valence-corrected chi connectivity index (χ3v) is 3.39. The predicted molar refractivity (Wildman–Crippen MR) is 67.6 cm³/mol. The number of nitriles is 1. The number of imidazole rings is 1. The van der Waals surface area contributed by atoms with Crippen LogP contribution in [0.3, 0.4) is 0 Å². The van der Waals surface area contributed by atoms with Crippen LogP contribution in [0, 0.1) is 11.3 Å². The second kappa shape index (κ2) is 4.13. The second-order valence-corrected chi connectivity index (χ2v) is 4.53. The molecule has 0 radical (unpaired) electrons. The van der Waals surface area contributed by atoms with Crippen molar-refractivity contribution in [2.45, 2.75) is 0 Å². The van der Waals surface area contributed by atoms with E-state index in [9.17, 15) is 0 Å². The molecule has 0 saturated carbocycles. The van der Waals surface area contributed by atoms with Gasteiger partial charge in [-0.2, -0.15) is 5.26 Å². The van der Waals surface area contributed by atoms with Crippen LogP contribution in [0.15, 0.2) is 30.5 Å². The molecule has 0 bridgehead atoms. The smallest absolute Gasteiger partial charge is 0.294 e. The summed E-state index contributed by atoms with van der Waals surface area (Å²) in [6.07, 6.45) is 1.84. The van der Waals surface area contributed by atoms with Crippen LogP contribution < -0.4 is 4.74 Å². The van der Waals surface area contributed by atoms with Crippen molar-refractivity contribution in [1.82, 2.24) is 14.6 Å². The number of benzene rings is 1.